The number of halogens is 1. The highest BCUT2D eigenvalue weighted by molar-refractivity contribution is 9.10. The number of benzene rings is 1. The van der Waals surface area contributed by atoms with E-state index in [9.17, 15) is 0 Å². The fourth-order valence-corrected chi connectivity index (χ4v) is 3.05. The second-order valence-corrected chi connectivity index (χ2v) is 6.38. The van der Waals surface area contributed by atoms with Crippen LogP contribution in [0.2, 0.25) is 0 Å². The Kier molecular flexibility index (Phi) is 3.68. The summed E-state index contributed by atoms with van der Waals surface area (Å²) < 4.78 is 7.27. The molecule has 19 heavy (non-hydrogen) atoms. The molecule has 0 radical (unpaired) electrons. The maximum Gasteiger partial charge on any atom is 0.138 e. The van der Waals surface area contributed by atoms with Gasteiger partial charge in [0, 0.05) is 9.86 Å². The summed E-state index contributed by atoms with van der Waals surface area (Å²) in [7, 11) is 0. The minimum Gasteiger partial charge on any atom is -0.459 e. The third-order valence-corrected chi connectivity index (χ3v) is 4.55. The van der Waals surface area contributed by atoms with Crippen LogP contribution in [0.3, 0.4) is 0 Å². The average molecular weight is 322 g/mol. The summed E-state index contributed by atoms with van der Waals surface area (Å²) >= 11 is 3.62. The topological polar surface area (TPSA) is 25.2 Å². The van der Waals surface area contributed by atoms with E-state index in [2.05, 4.69) is 53.3 Å². The third kappa shape index (κ3) is 2.59. The van der Waals surface area contributed by atoms with Gasteiger partial charge in [-0.15, -0.1) is 0 Å². The lowest BCUT2D eigenvalue weighted by atomic mass is 10.1. The van der Waals surface area contributed by atoms with Crippen molar-refractivity contribution in [2.24, 2.45) is 5.92 Å². The van der Waals surface area contributed by atoms with E-state index in [4.69, 9.17) is 4.42 Å². The van der Waals surface area contributed by atoms with Crippen molar-refractivity contribution in [1.82, 2.24) is 5.32 Å². The van der Waals surface area contributed by atoms with Crippen LogP contribution in [0.1, 0.15) is 43.6 Å². The SMILES string of the molecule is CCCNC(c1cc2c(Br)ccc(C)c2o1)C1CC1. The summed E-state index contributed by atoms with van der Waals surface area (Å²) in [5.74, 6) is 1.85. The molecule has 0 aliphatic heterocycles. The first-order chi connectivity index (χ1) is 9.20. The zero-order valence-corrected chi connectivity index (χ0v) is 13.1. The molecule has 0 spiro atoms. The van der Waals surface area contributed by atoms with Gasteiger partial charge in [-0.25, -0.2) is 0 Å². The van der Waals surface area contributed by atoms with Gasteiger partial charge in [0.05, 0.1) is 6.04 Å². The standard InChI is InChI=1S/C16H20BrNO/c1-3-8-18-15(11-5-6-11)14-9-12-13(17)7-4-10(2)16(12)19-14/h4,7,9,11,15,18H,3,5-6,8H2,1-2H3. The summed E-state index contributed by atoms with van der Waals surface area (Å²) in [4.78, 5) is 0. The molecule has 1 aliphatic rings. The van der Waals surface area contributed by atoms with Crippen LogP contribution in [-0.2, 0) is 0 Å². The summed E-state index contributed by atoms with van der Waals surface area (Å²) in [5, 5.41) is 4.83. The van der Waals surface area contributed by atoms with E-state index in [1.54, 1.807) is 0 Å². The molecule has 2 aromatic rings. The Labute approximate surface area is 122 Å². The van der Waals surface area contributed by atoms with Gasteiger partial charge in [0.1, 0.15) is 11.3 Å². The molecule has 0 amide bonds. The monoisotopic (exact) mass is 321 g/mol. The molecule has 3 rings (SSSR count). The number of furan rings is 1. The van der Waals surface area contributed by atoms with Gasteiger partial charge in [-0.3, -0.25) is 0 Å². The van der Waals surface area contributed by atoms with Gasteiger partial charge in [0.25, 0.3) is 0 Å². The first-order valence-electron chi connectivity index (χ1n) is 7.12. The number of aryl methyl sites for hydroxylation is 1. The molecule has 1 unspecified atom stereocenters. The first-order valence-corrected chi connectivity index (χ1v) is 7.92. The van der Waals surface area contributed by atoms with Crippen molar-refractivity contribution in [2.45, 2.75) is 39.2 Å². The molecular formula is C16H20BrNO. The summed E-state index contributed by atoms with van der Waals surface area (Å²) in [5.41, 5.74) is 2.22. The number of hydrogen-bond donors (Lipinski definition) is 1. The van der Waals surface area contributed by atoms with Crippen LogP contribution in [0.25, 0.3) is 11.0 Å². The molecule has 1 aromatic heterocycles. The molecule has 1 aliphatic carbocycles. The van der Waals surface area contributed by atoms with Crippen LogP contribution in [0.15, 0.2) is 27.1 Å². The average Bonchev–Trinajstić information content (AvgIpc) is 3.13. The molecule has 2 nitrogen and oxygen atoms in total. The summed E-state index contributed by atoms with van der Waals surface area (Å²) in [6.07, 6.45) is 3.79. The van der Waals surface area contributed by atoms with E-state index in [-0.39, 0.29) is 0 Å². The Morgan fingerprint density at radius 1 is 1.42 bits per heavy atom. The highest BCUT2D eigenvalue weighted by atomic mass is 79.9. The molecule has 1 N–H and O–H groups in total. The molecule has 0 saturated heterocycles. The molecule has 102 valence electrons. The van der Waals surface area contributed by atoms with Crippen molar-refractivity contribution in [1.29, 1.82) is 0 Å². The van der Waals surface area contributed by atoms with Gasteiger partial charge in [0.15, 0.2) is 0 Å². The number of fused-ring (bicyclic) bond motifs is 1. The second-order valence-electron chi connectivity index (χ2n) is 5.53. The van der Waals surface area contributed by atoms with Gasteiger partial charge in [-0.1, -0.05) is 28.9 Å². The molecule has 1 heterocycles. The number of hydrogen-bond acceptors (Lipinski definition) is 2. The maximum atomic E-state index is 6.15. The minimum absolute atomic E-state index is 0.388. The van der Waals surface area contributed by atoms with E-state index in [0.717, 1.165) is 34.7 Å². The molecular weight excluding hydrogens is 302 g/mol. The van der Waals surface area contributed by atoms with E-state index >= 15 is 0 Å². The van der Waals surface area contributed by atoms with Crippen molar-refractivity contribution in [2.75, 3.05) is 6.54 Å². The van der Waals surface area contributed by atoms with Crippen LogP contribution >= 0.6 is 15.9 Å². The molecule has 0 bridgehead atoms. The van der Waals surface area contributed by atoms with Crippen LogP contribution in [0.5, 0.6) is 0 Å². The van der Waals surface area contributed by atoms with Crippen molar-refractivity contribution in [3.05, 3.63) is 34.0 Å². The fourth-order valence-electron chi connectivity index (χ4n) is 2.63. The van der Waals surface area contributed by atoms with Gasteiger partial charge in [-0.2, -0.15) is 0 Å². The zero-order valence-electron chi connectivity index (χ0n) is 11.5. The number of nitrogens with one attached hydrogen (secondary N) is 1. The lowest BCUT2D eigenvalue weighted by Gasteiger charge is -2.14. The summed E-state index contributed by atoms with van der Waals surface area (Å²) in [6, 6.07) is 6.80. The molecule has 1 atom stereocenters. The van der Waals surface area contributed by atoms with Gasteiger partial charge in [0.2, 0.25) is 0 Å². The molecule has 1 saturated carbocycles. The molecule has 3 heteroatoms. The van der Waals surface area contributed by atoms with Gasteiger partial charge in [-0.05, 0) is 56.3 Å². The Hall–Kier alpha value is -0.800. The van der Waals surface area contributed by atoms with Gasteiger partial charge >= 0.3 is 0 Å². The van der Waals surface area contributed by atoms with E-state index in [1.165, 1.54) is 23.8 Å². The largest absolute Gasteiger partial charge is 0.459 e. The smallest absolute Gasteiger partial charge is 0.138 e. The molecule has 1 fully saturated rings. The Morgan fingerprint density at radius 2 is 2.21 bits per heavy atom. The van der Waals surface area contributed by atoms with Crippen LogP contribution < -0.4 is 5.32 Å². The predicted molar refractivity (Wildman–Crippen MR) is 82.4 cm³/mol. The maximum absolute atomic E-state index is 6.15. The number of rotatable bonds is 5. The highest BCUT2D eigenvalue weighted by Gasteiger charge is 2.34. The van der Waals surface area contributed by atoms with Gasteiger partial charge < -0.3 is 9.73 Å². The van der Waals surface area contributed by atoms with Crippen molar-refractivity contribution in [3.63, 3.8) is 0 Å². The first kappa shape index (κ1) is 13.2. The Morgan fingerprint density at radius 3 is 2.84 bits per heavy atom. The summed E-state index contributed by atoms with van der Waals surface area (Å²) in [6.45, 7) is 5.36. The van der Waals surface area contributed by atoms with E-state index in [1.807, 2.05) is 0 Å². The van der Waals surface area contributed by atoms with Crippen LogP contribution in [0.4, 0.5) is 0 Å². The quantitative estimate of drug-likeness (QED) is 0.842. The van der Waals surface area contributed by atoms with Crippen LogP contribution in [-0.4, -0.2) is 6.54 Å². The van der Waals surface area contributed by atoms with Crippen LogP contribution in [0, 0.1) is 12.8 Å². The molecule has 1 aromatic carbocycles. The van der Waals surface area contributed by atoms with Crippen molar-refractivity contribution < 1.29 is 4.42 Å². The lowest BCUT2D eigenvalue weighted by molar-refractivity contribution is 0.396. The predicted octanol–water partition coefficient (Wildman–Crippen LogP) is 4.95. The van der Waals surface area contributed by atoms with E-state index in [0.29, 0.717) is 6.04 Å². The third-order valence-electron chi connectivity index (χ3n) is 3.86. The Balaban J connectivity index is 1.99. The zero-order chi connectivity index (χ0) is 13.4. The fraction of sp³-hybridized carbons (Fsp3) is 0.500. The minimum atomic E-state index is 0.388. The van der Waals surface area contributed by atoms with Crippen molar-refractivity contribution in [3.8, 4) is 0 Å². The highest BCUT2D eigenvalue weighted by Crippen LogP contribution is 2.43. The van der Waals surface area contributed by atoms with Crippen molar-refractivity contribution >= 4 is 26.9 Å². The second kappa shape index (κ2) is 5.29. The normalized spacial score (nSPS) is 17.0. The van der Waals surface area contributed by atoms with E-state index < -0.39 is 0 Å². The Bertz CT molecular complexity index is 547. The lowest BCUT2D eigenvalue weighted by Crippen LogP contribution is -2.23.